The standard InChI is InChI=1S/C29H21N3S/c1-20-14-16-30-28(17-20)32-26-10-3-2-9-24(26)25-13-12-22(19-27(25)32)21-7-6-8-23(18-21)33-29-11-4-5-15-31-29/h2-19H,1H3. The molecule has 158 valence electrons. The highest BCUT2D eigenvalue weighted by Crippen LogP contribution is 2.35. The quantitative estimate of drug-likeness (QED) is 0.280. The summed E-state index contributed by atoms with van der Waals surface area (Å²) in [5.41, 5.74) is 5.90. The third kappa shape index (κ3) is 3.69. The summed E-state index contributed by atoms with van der Waals surface area (Å²) in [5.74, 6) is 0.942. The summed E-state index contributed by atoms with van der Waals surface area (Å²) in [6.45, 7) is 2.11. The van der Waals surface area contributed by atoms with Crippen LogP contribution in [-0.4, -0.2) is 14.5 Å². The molecule has 3 aromatic heterocycles. The zero-order valence-electron chi connectivity index (χ0n) is 18.1. The van der Waals surface area contributed by atoms with Crippen LogP contribution in [-0.2, 0) is 0 Å². The van der Waals surface area contributed by atoms with E-state index in [2.05, 4.69) is 89.3 Å². The van der Waals surface area contributed by atoms with Crippen LogP contribution in [0.25, 0.3) is 38.8 Å². The molecule has 6 rings (SSSR count). The zero-order chi connectivity index (χ0) is 22.2. The van der Waals surface area contributed by atoms with E-state index in [4.69, 9.17) is 4.98 Å². The average Bonchev–Trinajstić information content (AvgIpc) is 3.18. The third-order valence-electron chi connectivity index (χ3n) is 5.83. The van der Waals surface area contributed by atoms with Crippen molar-refractivity contribution >= 4 is 33.6 Å². The van der Waals surface area contributed by atoms with Crippen molar-refractivity contribution in [2.45, 2.75) is 16.8 Å². The van der Waals surface area contributed by atoms with Gasteiger partial charge in [-0.15, -0.1) is 0 Å². The minimum Gasteiger partial charge on any atom is -0.294 e. The number of hydrogen-bond donors (Lipinski definition) is 0. The number of pyridine rings is 2. The highest BCUT2D eigenvalue weighted by Gasteiger charge is 2.14. The molecule has 0 radical (unpaired) electrons. The third-order valence-corrected chi connectivity index (χ3v) is 6.77. The van der Waals surface area contributed by atoms with Gasteiger partial charge in [0.05, 0.1) is 11.0 Å². The van der Waals surface area contributed by atoms with Crippen molar-refractivity contribution in [3.05, 3.63) is 115 Å². The predicted molar refractivity (Wildman–Crippen MR) is 137 cm³/mol. The van der Waals surface area contributed by atoms with Gasteiger partial charge in [-0.3, -0.25) is 4.57 Å². The summed E-state index contributed by atoms with van der Waals surface area (Å²) < 4.78 is 2.27. The molecule has 3 nitrogen and oxygen atoms in total. The largest absolute Gasteiger partial charge is 0.294 e. The normalized spacial score (nSPS) is 11.3. The predicted octanol–water partition coefficient (Wildman–Crippen LogP) is 7.70. The van der Waals surface area contributed by atoms with Crippen LogP contribution >= 0.6 is 11.8 Å². The molecule has 3 aromatic carbocycles. The van der Waals surface area contributed by atoms with Crippen LogP contribution in [0.15, 0.2) is 119 Å². The summed E-state index contributed by atoms with van der Waals surface area (Å²) in [5, 5.41) is 3.47. The second-order valence-corrected chi connectivity index (χ2v) is 9.17. The van der Waals surface area contributed by atoms with Gasteiger partial charge >= 0.3 is 0 Å². The van der Waals surface area contributed by atoms with Gasteiger partial charge in [-0.2, -0.15) is 0 Å². The van der Waals surface area contributed by atoms with E-state index >= 15 is 0 Å². The van der Waals surface area contributed by atoms with Gasteiger partial charge in [0.15, 0.2) is 0 Å². The van der Waals surface area contributed by atoms with E-state index in [1.807, 2.05) is 36.7 Å². The van der Waals surface area contributed by atoms with Crippen LogP contribution in [0.1, 0.15) is 5.56 Å². The fourth-order valence-corrected chi connectivity index (χ4v) is 5.14. The lowest BCUT2D eigenvalue weighted by Gasteiger charge is -2.09. The Morgan fingerprint density at radius 3 is 2.36 bits per heavy atom. The van der Waals surface area contributed by atoms with Crippen LogP contribution in [0.4, 0.5) is 0 Å². The van der Waals surface area contributed by atoms with E-state index < -0.39 is 0 Å². The lowest BCUT2D eigenvalue weighted by Crippen LogP contribution is -1.97. The minimum atomic E-state index is 0.942. The Morgan fingerprint density at radius 1 is 0.636 bits per heavy atom. The molecule has 0 spiro atoms. The van der Waals surface area contributed by atoms with E-state index in [0.29, 0.717) is 0 Å². The first-order valence-electron chi connectivity index (χ1n) is 10.9. The number of rotatable bonds is 4. The number of nitrogens with zero attached hydrogens (tertiary/aromatic N) is 3. The van der Waals surface area contributed by atoms with Gasteiger partial charge in [-0.05, 0) is 72.1 Å². The molecule has 0 atom stereocenters. The van der Waals surface area contributed by atoms with E-state index in [1.54, 1.807) is 11.8 Å². The van der Waals surface area contributed by atoms with Crippen molar-refractivity contribution in [3.8, 4) is 16.9 Å². The molecule has 0 aliphatic carbocycles. The molecular formula is C29H21N3S. The lowest BCUT2D eigenvalue weighted by molar-refractivity contribution is 1.07. The lowest BCUT2D eigenvalue weighted by atomic mass is 10.0. The molecule has 0 N–H and O–H groups in total. The molecule has 6 aromatic rings. The number of para-hydroxylation sites is 1. The van der Waals surface area contributed by atoms with Crippen LogP contribution in [0.2, 0.25) is 0 Å². The van der Waals surface area contributed by atoms with E-state index in [9.17, 15) is 0 Å². The van der Waals surface area contributed by atoms with E-state index in [0.717, 1.165) is 16.4 Å². The molecule has 0 aliphatic rings. The van der Waals surface area contributed by atoms with Gasteiger partial charge in [0, 0.05) is 28.1 Å². The maximum Gasteiger partial charge on any atom is 0.137 e. The van der Waals surface area contributed by atoms with Crippen LogP contribution in [0, 0.1) is 6.92 Å². The Bertz CT molecular complexity index is 1600. The number of benzene rings is 3. The van der Waals surface area contributed by atoms with Gasteiger partial charge in [0.2, 0.25) is 0 Å². The maximum atomic E-state index is 4.70. The molecule has 0 aliphatic heterocycles. The van der Waals surface area contributed by atoms with Gasteiger partial charge < -0.3 is 0 Å². The van der Waals surface area contributed by atoms with Crippen molar-refractivity contribution in [2.24, 2.45) is 0 Å². The van der Waals surface area contributed by atoms with Crippen LogP contribution in [0.5, 0.6) is 0 Å². The van der Waals surface area contributed by atoms with Crippen LogP contribution < -0.4 is 0 Å². The Hall–Kier alpha value is -3.89. The first kappa shape index (κ1) is 19.8. The van der Waals surface area contributed by atoms with Crippen molar-refractivity contribution < 1.29 is 0 Å². The zero-order valence-corrected chi connectivity index (χ0v) is 19.0. The molecule has 0 saturated carbocycles. The molecule has 4 heteroatoms. The minimum absolute atomic E-state index is 0.942. The molecular weight excluding hydrogens is 422 g/mol. The number of hydrogen-bond acceptors (Lipinski definition) is 3. The average molecular weight is 444 g/mol. The maximum absolute atomic E-state index is 4.70. The Balaban J connectivity index is 1.51. The molecule has 3 heterocycles. The van der Waals surface area contributed by atoms with Gasteiger partial charge in [0.1, 0.15) is 10.8 Å². The highest BCUT2D eigenvalue weighted by atomic mass is 32.2. The molecule has 0 saturated heterocycles. The van der Waals surface area contributed by atoms with Crippen molar-refractivity contribution in [3.63, 3.8) is 0 Å². The van der Waals surface area contributed by atoms with Gasteiger partial charge in [-0.1, -0.05) is 60.3 Å². The monoisotopic (exact) mass is 443 g/mol. The molecule has 0 bridgehead atoms. The van der Waals surface area contributed by atoms with Crippen molar-refractivity contribution in [2.75, 3.05) is 0 Å². The van der Waals surface area contributed by atoms with E-state index in [1.165, 1.54) is 37.9 Å². The SMILES string of the molecule is Cc1ccnc(-n2c3ccccc3c3ccc(-c4cccc(Sc5ccccn5)c4)cc32)c1. The fraction of sp³-hybridized carbons (Fsp3) is 0.0345. The second kappa shape index (κ2) is 8.23. The fourth-order valence-electron chi connectivity index (χ4n) is 4.31. The molecule has 0 unspecified atom stereocenters. The summed E-state index contributed by atoms with van der Waals surface area (Å²) >= 11 is 1.68. The summed E-state index contributed by atoms with van der Waals surface area (Å²) in [4.78, 5) is 10.3. The van der Waals surface area contributed by atoms with E-state index in [-0.39, 0.29) is 0 Å². The summed E-state index contributed by atoms with van der Waals surface area (Å²) in [6.07, 6.45) is 3.71. The van der Waals surface area contributed by atoms with Gasteiger partial charge in [0.25, 0.3) is 0 Å². The Kier molecular flexibility index (Phi) is 4.93. The number of aryl methyl sites for hydroxylation is 1. The van der Waals surface area contributed by atoms with Crippen LogP contribution in [0.3, 0.4) is 0 Å². The second-order valence-electron chi connectivity index (χ2n) is 8.07. The Morgan fingerprint density at radius 2 is 1.48 bits per heavy atom. The molecule has 0 amide bonds. The number of aromatic nitrogens is 3. The smallest absolute Gasteiger partial charge is 0.137 e. The topological polar surface area (TPSA) is 30.7 Å². The summed E-state index contributed by atoms with van der Waals surface area (Å²) in [6, 6.07) is 34.1. The molecule has 33 heavy (non-hydrogen) atoms. The highest BCUT2D eigenvalue weighted by molar-refractivity contribution is 7.99. The molecule has 0 fully saturated rings. The number of fused-ring (bicyclic) bond motifs is 3. The van der Waals surface area contributed by atoms with Crippen molar-refractivity contribution in [1.29, 1.82) is 0 Å². The summed E-state index contributed by atoms with van der Waals surface area (Å²) in [7, 11) is 0. The van der Waals surface area contributed by atoms with Gasteiger partial charge in [-0.25, -0.2) is 9.97 Å². The first-order valence-corrected chi connectivity index (χ1v) is 11.7. The Labute approximate surface area is 196 Å². The van der Waals surface area contributed by atoms with Crippen molar-refractivity contribution in [1.82, 2.24) is 14.5 Å². The first-order chi connectivity index (χ1) is 16.3.